The number of anilines is 2. The van der Waals surface area contributed by atoms with Crippen LogP contribution >= 0.6 is 0 Å². The molecular weight excluding hydrogens is 1210 g/mol. The molecule has 0 heterocycles. The number of ether oxygens (including phenoxy) is 6. The third kappa shape index (κ3) is 20.1. The van der Waals surface area contributed by atoms with Gasteiger partial charge in [-0.3, -0.25) is 19.2 Å². The van der Waals surface area contributed by atoms with Crippen LogP contribution in [0.25, 0.3) is 22.3 Å². The zero-order valence-corrected chi connectivity index (χ0v) is 53.0. The molecule has 0 radical (unpaired) electrons. The van der Waals surface area contributed by atoms with Crippen LogP contribution in [0.2, 0.25) is 0 Å². The highest BCUT2D eigenvalue weighted by atomic mass is 16.6. The number of benzene rings is 8. The van der Waals surface area contributed by atoms with Crippen molar-refractivity contribution in [1.29, 1.82) is 10.5 Å². The van der Waals surface area contributed by atoms with E-state index in [-0.39, 0.29) is 64.1 Å². The number of nitrogens with zero attached hydrogens (tertiary/aromatic N) is 10. The van der Waals surface area contributed by atoms with Crippen LogP contribution in [0.1, 0.15) is 51.7 Å². The molecule has 95 heavy (non-hydrogen) atoms. The molecule has 0 amide bonds. The van der Waals surface area contributed by atoms with Crippen molar-refractivity contribution in [1.82, 2.24) is 0 Å². The molecular formula is C73H70N10O12. The van der Waals surface area contributed by atoms with Gasteiger partial charge in [-0.05, 0) is 205 Å². The van der Waals surface area contributed by atoms with Crippen LogP contribution in [0, 0.1) is 49.7 Å². The monoisotopic (exact) mass is 1280 g/mol. The Morgan fingerprint density at radius 3 is 0.989 bits per heavy atom. The molecule has 8 rings (SSSR count). The van der Waals surface area contributed by atoms with Crippen LogP contribution in [0.5, 0.6) is 11.5 Å². The van der Waals surface area contributed by atoms with Gasteiger partial charge in [-0.1, -0.05) is 62.4 Å². The Morgan fingerprint density at radius 2 is 0.695 bits per heavy atom. The van der Waals surface area contributed by atoms with Crippen LogP contribution < -0.4 is 19.3 Å². The fraction of sp³-hybridized carbons (Fsp3) is 0.260. The van der Waals surface area contributed by atoms with E-state index in [9.17, 15) is 29.9 Å². The SMILES string of the molecule is CCN(CCOC(=O)C(C)CC(CC(C)C(=O)OCCN(CC)c1ccc(/N=N/c2ccc(N=O)cc2)cc1)(C(=O)OCCOc1ccc(-c2ccc(C#N)cc2)cc1)C(=O)OCCOc1ccc(-c2ccc(C#N)cc2)cc1)c1ccc(/N=N/c2ccc(N=O)cc2)cc1. The van der Waals surface area contributed by atoms with Gasteiger partial charge in [0.05, 0.1) is 70.9 Å². The summed E-state index contributed by atoms with van der Waals surface area (Å²) < 4.78 is 35.6. The van der Waals surface area contributed by atoms with E-state index < -0.39 is 54.0 Å². The zero-order chi connectivity index (χ0) is 67.4. The minimum absolute atomic E-state index is 0.0756. The van der Waals surface area contributed by atoms with Crippen LogP contribution in [-0.4, -0.2) is 89.7 Å². The predicted octanol–water partition coefficient (Wildman–Crippen LogP) is 16.1. The molecule has 22 nitrogen and oxygen atoms in total. The fourth-order valence-corrected chi connectivity index (χ4v) is 10.1. The molecule has 2 atom stereocenters. The number of nitroso groups, excluding NO2 is 2. The van der Waals surface area contributed by atoms with E-state index in [0.29, 0.717) is 58.5 Å². The molecule has 484 valence electrons. The molecule has 0 saturated heterocycles. The first-order valence-corrected chi connectivity index (χ1v) is 30.8. The lowest BCUT2D eigenvalue weighted by Gasteiger charge is -2.33. The number of likely N-dealkylation sites (N-methyl/N-ethyl adjacent to an activating group) is 2. The van der Waals surface area contributed by atoms with Crippen LogP contribution in [-0.2, 0) is 38.1 Å². The highest BCUT2D eigenvalue weighted by Gasteiger charge is 2.52. The lowest BCUT2D eigenvalue weighted by atomic mass is 9.73. The number of carbonyl (C=O) groups excluding carboxylic acids is 4. The number of esters is 4. The van der Waals surface area contributed by atoms with Crippen molar-refractivity contribution in [2.24, 2.45) is 48.1 Å². The van der Waals surface area contributed by atoms with E-state index in [0.717, 1.165) is 33.6 Å². The molecule has 0 spiro atoms. The number of hydrogen-bond acceptors (Lipinski definition) is 22. The average Bonchev–Trinajstić information content (AvgIpc) is 0.798. The molecule has 8 aromatic rings. The smallest absolute Gasteiger partial charge is 0.323 e. The molecule has 0 aromatic heterocycles. The van der Waals surface area contributed by atoms with Gasteiger partial charge >= 0.3 is 23.9 Å². The molecule has 0 bridgehead atoms. The first-order valence-electron chi connectivity index (χ1n) is 30.8. The third-order valence-electron chi connectivity index (χ3n) is 15.3. The van der Waals surface area contributed by atoms with Gasteiger partial charge in [0.15, 0.2) is 5.41 Å². The number of nitriles is 2. The van der Waals surface area contributed by atoms with Crippen LogP contribution in [0.4, 0.5) is 45.5 Å². The third-order valence-corrected chi connectivity index (χ3v) is 15.3. The summed E-state index contributed by atoms with van der Waals surface area (Å²) in [6.07, 6.45) is -0.990. The second-order valence-corrected chi connectivity index (χ2v) is 21.8. The van der Waals surface area contributed by atoms with Crippen molar-refractivity contribution < 1.29 is 47.6 Å². The summed E-state index contributed by atoms with van der Waals surface area (Å²) in [4.78, 5) is 84.0. The number of rotatable bonds is 34. The van der Waals surface area contributed by atoms with Crippen molar-refractivity contribution in [3.63, 3.8) is 0 Å². The minimum Gasteiger partial charge on any atom is -0.490 e. The van der Waals surface area contributed by atoms with E-state index in [4.69, 9.17) is 28.4 Å². The Labute approximate surface area is 550 Å². The van der Waals surface area contributed by atoms with Crippen molar-refractivity contribution in [2.45, 2.75) is 40.5 Å². The largest absolute Gasteiger partial charge is 0.490 e. The molecule has 22 heteroatoms. The lowest BCUT2D eigenvalue weighted by molar-refractivity contribution is -0.178. The summed E-state index contributed by atoms with van der Waals surface area (Å²) in [5, 5.41) is 41.3. The summed E-state index contributed by atoms with van der Waals surface area (Å²) in [6, 6.07) is 60.1. The topological polar surface area (TPSA) is 286 Å². The highest BCUT2D eigenvalue weighted by molar-refractivity contribution is 6.01. The zero-order valence-electron chi connectivity index (χ0n) is 53.0. The molecule has 8 aromatic carbocycles. The molecule has 0 aliphatic heterocycles. The molecule has 0 aliphatic carbocycles. The Hall–Kier alpha value is -11.8. The maximum absolute atomic E-state index is 15.0. The van der Waals surface area contributed by atoms with Gasteiger partial charge in [0.2, 0.25) is 0 Å². The van der Waals surface area contributed by atoms with E-state index in [1.54, 1.807) is 121 Å². The van der Waals surface area contributed by atoms with Gasteiger partial charge in [-0.15, -0.1) is 9.81 Å². The van der Waals surface area contributed by atoms with E-state index >= 15 is 9.59 Å². The summed E-state index contributed by atoms with van der Waals surface area (Å²) in [5.41, 5.74) is 6.72. The van der Waals surface area contributed by atoms with Crippen LogP contribution in [0.15, 0.2) is 225 Å². The summed E-state index contributed by atoms with van der Waals surface area (Å²) in [5.74, 6) is -4.96. The first-order chi connectivity index (χ1) is 46.2. The number of carbonyl (C=O) groups is 4. The quantitative estimate of drug-likeness (QED) is 0.00904. The van der Waals surface area contributed by atoms with Gasteiger partial charge in [0, 0.05) is 24.5 Å². The fourth-order valence-electron chi connectivity index (χ4n) is 10.1. The van der Waals surface area contributed by atoms with Gasteiger partial charge in [-0.25, -0.2) is 0 Å². The van der Waals surface area contributed by atoms with Crippen LogP contribution in [0.3, 0.4) is 0 Å². The molecule has 2 unspecified atom stereocenters. The summed E-state index contributed by atoms with van der Waals surface area (Å²) in [6.45, 7) is 7.42. The Balaban J connectivity index is 0.974. The Bertz CT molecular complexity index is 3730. The molecule has 0 aliphatic rings. The van der Waals surface area contributed by atoms with Crippen molar-refractivity contribution in [3.05, 3.63) is 215 Å². The number of azo groups is 2. The second-order valence-electron chi connectivity index (χ2n) is 21.8. The van der Waals surface area contributed by atoms with E-state index in [2.05, 4.69) is 42.9 Å². The van der Waals surface area contributed by atoms with Crippen molar-refractivity contribution in [3.8, 4) is 45.9 Å². The Kier molecular flexibility index (Phi) is 25.6. The lowest BCUT2D eigenvalue weighted by Crippen LogP contribution is -2.47. The minimum atomic E-state index is -2.29. The van der Waals surface area contributed by atoms with Gasteiger partial charge in [0.1, 0.15) is 62.5 Å². The maximum Gasteiger partial charge on any atom is 0.323 e. The number of hydrogen-bond donors (Lipinski definition) is 0. The van der Waals surface area contributed by atoms with E-state index in [1.807, 2.05) is 96.4 Å². The summed E-state index contributed by atoms with van der Waals surface area (Å²) >= 11 is 0. The highest BCUT2D eigenvalue weighted by Crippen LogP contribution is 2.39. The second kappa shape index (κ2) is 35.1. The van der Waals surface area contributed by atoms with Gasteiger partial charge in [-0.2, -0.15) is 31.0 Å². The summed E-state index contributed by atoms with van der Waals surface area (Å²) in [7, 11) is 0. The predicted molar refractivity (Wildman–Crippen MR) is 359 cm³/mol. The maximum atomic E-state index is 15.0. The standard InChI is InChI=1S/C73H70N10O12/c1-5-82(65-31-27-61(28-32-65)78-76-59-19-23-63(80-88)24-20-59)39-41-92-69(84)51(3)47-73(71(86)94-45-43-90-67-35-15-57(16-36-67)55-11-7-53(49-74)8-12-55,72(87)95-46-44-91-68-37-17-58(18-38-68)56-13-9-54(50-75)10-14-56)48-52(4)70(85)93-42-40-83(6-2)66-33-29-62(30-34-66)79-77-60-21-25-64(81-89)26-22-60/h7-38,51-52H,5-6,39-48H2,1-4H3/b78-76+,79-77+. The van der Waals surface area contributed by atoms with Crippen molar-refractivity contribution in [2.75, 3.05) is 75.6 Å². The van der Waals surface area contributed by atoms with Gasteiger partial charge < -0.3 is 38.2 Å². The van der Waals surface area contributed by atoms with E-state index in [1.165, 1.54) is 13.8 Å². The normalized spacial score (nSPS) is 11.7. The average molecular weight is 1280 g/mol. The van der Waals surface area contributed by atoms with Crippen molar-refractivity contribution >= 4 is 69.4 Å². The molecule has 0 N–H and O–H groups in total. The first kappa shape index (κ1) is 69.1. The van der Waals surface area contributed by atoms with Gasteiger partial charge in [0.25, 0.3) is 0 Å². The molecule has 0 saturated carbocycles. The Morgan fingerprint density at radius 1 is 0.400 bits per heavy atom. The molecule has 0 fully saturated rings.